The van der Waals surface area contributed by atoms with Crippen molar-refractivity contribution in [1.29, 1.82) is 0 Å². The molecule has 2 atom stereocenters. The summed E-state index contributed by atoms with van der Waals surface area (Å²) in [5, 5.41) is 4.81. The molecule has 2 aliphatic carbocycles. The summed E-state index contributed by atoms with van der Waals surface area (Å²) in [5.41, 5.74) is 0.453. The molecule has 4 rings (SSSR count). The van der Waals surface area contributed by atoms with Gasteiger partial charge in [0.1, 0.15) is 16.9 Å². The van der Waals surface area contributed by atoms with Crippen molar-refractivity contribution in [1.82, 2.24) is 0 Å². The Kier molecular flexibility index (Phi) is 4.75. The molecule has 0 radical (unpaired) electrons. The second kappa shape index (κ2) is 7.01. The number of carbonyl (C=O) groups is 1. The molecule has 29 heavy (non-hydrogen) atoms. The van der Waals surface area contributed by atoms with Crippen LogP contribution in [0.15, 0.2) is 38.6 Å². The van der Waals surface area contributed by atoms with E-state index < -0.39 is 11.6 Å². The summed E-state index contributed by atoms with van der Waals surface area (Å²) < 4.78 is 10.9. The predicted molar refractivity (Wildman–Crippen MR) is 110 cm³/mol. The van der Waals surface area contributed by atoms with Gasteiger partial charge in [0.2, 0.25) is 0 Å². The first-order chi connectivity index (χ1) is 13.8. The first kappa shape index (κ1) is 19.7. The van der Waals surface area contributed by atoms with E-state index in [9.17, 15) is 9.59 Å². The highest BCUT2D eigenvalue weighted by Crippen LogP contribution is 2.64. The first-order valence-electron chi connectivity index (χ1n) is 10.3. The van der Waals surface area contributed by atoms with Gasteiger partial charge in [-0.2, -0.15) is 0 Å². The average molecular weight is 397 g/mol. The molecule has 6 heteroatoms. The number of rotatable bonds is 5. The maximum Gasteiger partial charge on any atom is 0.373 e. The van der Waals surface area contributed by atoms with E-state index in [2.05, 4.69) is 25.9 Å². The molecule has 0 N–H and O–H groups in total. The second-order valence-electron chi connectivity index (χ2n) is 8.91. The molecule has 0 amide bonds. The molecule has 0 spiro atoms. The van der Waals surface area contributed by atoms with Gasteiger partial charge in [0.05, 0.1) is 12.3 Å². The Labute approximate surface area is 169 Å². The van der Waals surface area contributed by atoms with Gasteiger partial charge in [0, 0.05) is 16.9 Å². The third-order valence-electron chi connectivity index (χ3n) is 7.15. The Morgan fingerprint density at radius 1 is 1.28 bits per heavy atom. The third-order valence-corrected chi connectivity index (χ3v) is 7.15. The van der Waals surface area contributed by atoms with Gasteiger partial charge in [-0.3, -0.25) is 0 Å². The van der Waals surface area contributed by atoms with Gasteiger partial charge in [0.15, 0.2) is 0 Å². The molecule has 2 aromatic rings. The van der Waals surface area contributed by atoms with Crippen LogP contribution in [0.1, 0.15) is 63.7 Å². The highest BCUT2D eigenvalue weighted by Gasteiger charge is 2.60. The van der Waals surface area contributed by atoms with Crippen LogP contribution < -0.4 is 10.4 Å². The van der Waals surface area contributed by atoms with Crippen molar-refractivity contribution < 1.29 is 18.8 Å². The van der Waals surface area contributed by atoms with Gasteiger partial charge < -0.3 is 14.0 Å². The maximum absolute atomic E-state index is 12.5. The first-order valence-corrected chi connectivity index (χ1v) is 10.3. The zero-order valence-corrected chi connectivity index (χ0v) is 17.4. The van der Waals surface area contributed by atoms with E-state index in [1.807, 2.05) is 6.92 Å². The van der Waals surface area contributed by atoms with Crippen molar-refractivity contribution in [3.8, 4) is 5.75 Å². The third kappa shape index (κ3) is 3.15. The van der Waals surface area contributed by atoms with E-state index in [0.717, 1.165) is 25.0 Å². The molecule has 1 heterocycles. The summed E-state index contributed by atoms with van der Waals surface area (Å²) in [6.07, 6.45) is 3.94. The molecule has 2 aliphatic rings. The van der Waals surface area contributed by atoms with Crippen LogP contribution in [0.5, 0.6) is 5.75 Å². The van der Waals surface area contributed by atoms with Gasteiger partial charge >= 0.3 is 11.6 Å². The lowest BCUT2D eigenvalue weighted by molar-refractivity contribution is 0.0504. The molecule has 2 unspecified atom stereocenters. The highest BCUT2D eigenvalue weighted by atomic mass is 16.7. The maximum atomic E-state index is 12.5. The Bertz CT molecular complexity index is 1050. The van der Waals surface area contributed by atoms with Gasteiger partial charge in [-0.15, -0.1) is 0 Å². The van der Waals surface area contributed by atoms with E-state index >= 15 is 0 Å². The van der Waals surface area contributed by atoms with Crippen molar-refractivity contribution in [3.63, 3.8) is 0 Å². The lowest BCUT2D eigenvalue weighted by Gasteiger charge is -2.34. The standard InChI is InChI=1S/C23H27NO5/c1-5-10-27-16-7-6-14-11-17(20(25)28-18(14)13-16)21(26)29-24-19-12-15-8-9-23(19,4)22(15,2)3/h6-7,11,13,15H,5,8-10,12H2,1-4H3/b24-19+. The SMILES string of the molecule is CCCOc1ccc2cc(C(=O)O/N=C3\CC4CCC3(C)C4(C)C)c(=O)oc2c1. The molecule has 6 nitrogen and oxygen atoms in total. The zero-order valence-electron chi connectivity index (χ0n) is 17.4. The molecule has 2 fully saturated rings. The monoisotopic (exact) mass is 397 g/mol. The van der Waals surface area contributed by atoms with Crippen LogP contribution >= 0.6 is 0 Å². The fraction of sp³-hybridized carbons (Fsp3) is 0.522. The van der Waals surface area contributed by atoms with Crippen molar-refractivity contribution in [2.75, 3.05) is 6.61 Å². The van der Waals surface area contributed by atoms with Crippen molar-refractivity contribution in [3.05, 3.63) is 40.2 Å². The van der Waals surface area contributed by atoms with E-state index in [1.54, 1.807) is 18.2 Å². The molecule has 1 aromatic carbocycles. The Hall–Kier alpha value is -2.63. The molecular weight excluding hydrogens is 370 g/mol. The number of fused-ring (bicyclic) bond motifs is 3. The predicted octanol–water partition coefficient (Wildman–Crippen LogP) is 4.94. The van der Waals surface area contributed by atoms with Gasteiger partial charge in [-0.05, 0) is 55.2 Å². The number of benzene rings is 1. The minimum atomic E-state index is -0.788. The number of oxime groups is 1. The van der Waals surface area contributed by atoms with Gasteiger partial charge in [-0.1, -0.05) is 32.9 Å². The van der Waals surface area contributed by atoms with Crippen LogP contribution in [0.4, 0.5) is 0 Å². The van der Waals surface area contributed by atoms with Crippen LogP contribution in [-0.2, 0) is 4.84 Å². The van der Waals surface area contributed by atoms with E-state index in [0.29, 0.717) is 29.2 Å². The Balaban J connectivity index is 1.56. The molecule has 0 saturated heterocycles. The Morgan fingerprint density at radius 3 is 2.72 bits per heavy atom. The van der Waals surface area contributed by atoms with Crippen molar-refractivity contribution in [2.45, 2.75) is 53.4 Å². The summed E-state index contributed by atoms with van der Waals surface area (Å²) in [5.74, 6) is 0.389. The molecular formula is C23H27NO5. The molecule has 154 valence electrons. The summed E-state index contributed by atoms with van der Waals surface area (Å²) in [6, 6.07) is 6.68. The topological polar surface area (TPSA) is 78.1 Å². The lowest BCUT2D eigenvalue weighted by atomic mass is 9.70. The van der Waals surface area contributed by atoms with E-state index in [1.165, 1.54) is 12.5 Å². The normalized spacial score (nSPS) is 26.2. The van der Waals surface area contributed by atoms with Crippen LogP contribution in [-0.4, -0.2) is 18.3 Å². The lowest BCUT2D eigenvalue weighted by Crippen LogP contribution is -2.32. The minimum absolute atomic E-state index is 0.0686. The summed E-state index contributed by atoms with van der Waals surface area (Å²) >= 11 is 0. The summed E-state index contributed by atoms with van der Waals surface area (Å²) in [4.78, 5) is 30.1. The Morgan fingerprint density at radius 2 is 2.07 bits per heavy atom. The average Bonchev–Trinajstić information content (AvgIpc) is 3.03. The zero-order chi connectivity index (χ0) is 20.8. The largest absolute Gasteiger partial charge is 0.493 e. The van der Waals surface area contributed by atoms with Crippen molar-refractivity contribution >= 4 is 22.7 Å². The summed E-state index contributed by atoms with van der Waals surface area (Å²) in [6.45, 7) is 9.30. The fourth-order valence-corrected chi connectivity index (χ4v) is 4.76. The number of hydrogen-bond donors (Lipinski definition) is 0. The van der Waals surface area contributed by atoms with Gasteiger partial charge in [-0.25, -0.2) is 9.59 Å². The van der Waals surface area contributed by atoms with Crippen LogP contribution in [0.3, 0.4) is 0 Å². The quantitative estimate of drug-likeness (QED) is 0.406. The summed E-state index contributed by atoms with van der Waals surface area (Å²) in [7, 11) is 0. The fourth-order valence-electron chi connectivity index (χ4n) is 4.76. The van der Waals surface area contributed by atoms with E-state index in [4.69, 9.17) is 14.0 Å². The molecule has 2 bridgehead atoms. The van der Waals surface area contributed by atoms with E-state index in [-0.39, 0.29) is 16.4 Å². The second-order valence-corrected chi connectivity index (χ2v) is 8.91. The number of ether oxygens (including phenoxy) is 1. The highest BCUT2D eigenvalue weighted by molar-refractivity contribution is 5.96. The molecule has 1 aromatic heterocycles. The van der Waals surface area contributed by atoms with Gasteiger partial charge in [0.25, 0.3) is 0 Å². The van der Waals surface area contributed by atoms with Crippen LogP contribution in [0.25, 0.3) is 11.0 Å². The van der Waals surface area contributed by atoms with Crippen LogP contribution in [0.2, 0.25) is 0 Å². The smallest absolute Gasteiger partial charge is 0.373 e. The number of nitrogens with zero attached hydrogens (tertiary/aromatic N) is 1. The molecule has 2 saturated carbocycles. The van der Waals surface area contributed by atoms with Crippen molar-refractivity contribution in [2.24, 2.45) is 21.9 Å². The minimum Gasteiger partial charge on any atom is -0.493 e. The number of hydrogen-bond acceptors (Lipinski definition) is 6. The van der Waals surface area contributed by atoms with Crippen LogP contribution in [0, 0.1) is 16.7 Å². The molecule has 0 aliphatic heterocycles. The number of carbonyl (C=O) groups excluding carboxylic acids is 1.